The summed E-state index contributed by atoms with van der Waals surface area (Å²) in [5, 5.41) is 9.23. The summed E-state index contributed by atoms with van der Waals surface area (Å²) in [6.45, 7) is 6.28. The molecule has 0 aromatic heterocycles. The largest absolute Gasteiger partial charge is 0.495 e. The van der Waals surface area contributed by atoms with E-state index in [4.69, 9.17) is 9.47 Å². The number of nitrogens with one attached hydrogen (secondary N) is 3. The molecule has 1 aromatic rings. The number of methoxy groups -OCH3 is 2. The van der Waals surface area contributed by atoms with Gasteiger partial charge in [-0.1, -0.05) is 6.07 Å². The maximum absolute atomic E-state index is 11.3. The molecule has 0 aliphatic rings. The SMILES string of the molecule is CCNC(=NCc1ccc(OC)c(NC(C)=O)c1)NCCCOC.I. The van der Waals surface area contributed by atoms with Gasteiger partial charge in [0, 0.05) is 33.7 Å². The average Bonchev–Trinajstić information content (AvgIpc) is 2.56. The Kier molecular flexibility index (Phi) is 12.9. The highest BCUT2D eigenvalue weighted by atomic mass is 127. The van der Waals surface area contributed by atoms with Gasteiger partial charge in [0.15, 0.2) is 5.96 Å². The van der Waals surface area contributed by atoms with Gasteiger partial charge in [0.25, 0.3) is 0 Å². The lowest BCUT2D eigenvalue weighted by molar-refractivity contribution is -0.114. The summed E-state index contributed by atoms with van der Waals surface area (Å²) in [6, 6.07) is 5.63. The lowest BCUT2D eigenvalue weighted by Crippen LogP contribution is -2.38. The van der Waals surface area contributed by atoms with Gasteiger partial charge in [0.05, 0.1) is 19.3 Å². The molecule has 8 heteroatoms. The minimum absolute atomic E-state index is 0. The molecular formula is C17H29IN4O3. The normalized spacial score (nSPS) is 10.6. The third-order valence-electron chi connectivity index (χ3n) is 3.16. The van der Waals surface area contributed by atoms with Crippen LogP contribution >= 0.6 is 24.0 Å². The Labute approximate surface area is 167 Å². The molecule has 3 N–H and O–H groups in total. The molecule has 0 radical (unpaired) electrons. The average molecular weight is 464 g/mol. The van der Waals surface area contributed by atoms with Crippen molar-refractivity contribution in [2.75, 3.05) is 39.2 Å². The summed E-state index contributed by atoms with van der Waals surface area (Å²) >= 11 is 0. The molecule has 0 fully saturated rings. The molecule has 1 rings (SSSR count). The minimum atomic E-state index is -0.137. The fourth-order valence-corrected chi connectivity index (χ4v) is 2.08. The van der Waals surface area contributed by atoms with Crippen LogP contribution in [0.3, 0.4) is 0 Å². The summed E-state index contributed by atoms with van der Waals surface area (Å²) in [5.74, 6) is 1.25. The Morgan fingerprint density at radius 2 is 2.00 bits per heavy atom. The van der Waals surface area contributed by atoms with Crippen LogP contribution < -0.4 is 20.7 Å². The zero-order valence-electron chi connectivity index (χ0n) is 15.3. The Morgan fingerprint density at radius 1 is 1.24 bits per heavy atom. The van der Waals surface area contributed by atoms with Crippen LogP contribution in [0.4, 0.5) is 5.69 Å². The predicted molar refractivity (Wildman–Crippen MR) is 112 cm³/mol. The van der Waals surface area contributed by atoms with Crippen LogP contribution in [-0.2, 0) is 16.1 Å². The van der Waals surface area contributed by atoms with Crippen LogP contribution in [0.25, 0.3) is 0 Å². The van der Waals surface area contributed by atoms with E-state index in [1.165, 1.54) is 6.92 Å². The Bertz CT molecular complexity index is 553. The van der Waals surface area contributed by atoms with Gasteiger partial charge in [0.1, 0.15) is 5.75 Å². The van der Waals surface area contributed by atoms with Gasteiger partial charge in [-0.05, 0) is 31.0 Å². The number of anilines is 1. The number of nitrogens with zero attached hydrogens (tertiary/aromatic N) is 1. The number of hydrogen-bond acceptors (Lipinski definition) is 4. The zero-order chi connectivity index (χ0) is 17.8. The molecular weight excluding hydrogens is 435 g/mol. The fraction of sp³-hybridized carbons (Fsp3) is 0.529. The molecule has 1 aromatic carbocycles. The van der Waals surface area contributed by atoms with Crippen molar-refractivity contribution in [3.63, 3.8) is 0 Å². The van der Waals surface area contributed by atoms with Crippen molar-refractivity contribution in [2.24, 2.45) is 4.99 Å². The van der Waals surface area contributed by atoms with Gasteiger partial charge in [-0.25, -0.2) is 4.99 Å². The van der Waals surface area contributed by atoms with Crippen molar-refractivity contribution >= 4 is 41.5 Å². The molecule has 1 amide bonds. The molecule has 0 saturated heterocycles. The van der Waals surface area contributed by atoms with E-state index in [1.54, 1.807) is 14.2 Å². The van der Waals surface area contributed by atoms with Gasteiger partial charge < -0.3 is 25.4 Å². The topological polar surface area (TPSA) is 84.0 Å². The second kappa shape index (κ2) is 13.7. The van der Waals surface area contributed by atoms with Crippen LogP contribution in [0.1, 0.15) is 25.8 Å². The Balaban J connectivity index is 0.00000576. The number of benzene rings is 1. The number of carbonyl (C=O) groups is 1. The molecule has 0 saturated carbocycles. The standard InChI is InChI=1S/C17H28N4O3.HI/c1-5-18-17(19-9-6-10-23-3)20-12-14-7-8-16(24-4)15(11-14)21-13(2)22;/h7-8,11H,5-6,9-10,12H2,1-4H3,(H,21,22)(H2,18,19,20);1H. The van der Waals surface area contributed by atoms with Crippen LogP contribution in [-0.4, -0.2) is 45.8 Å². The predicted octanol–water partition coefficient (Wildman–Crippen LogP) is 2.36. The van der Waals surface area contributed by atoms with E-state index >= 15 is 0 Å². The van der Waals surface area contributed by atoms with Crippen molar-refractivity contribution in [1.29, 1.82) is 0 Å². The van der Waals surface area contributed by atoms with Gasteiger partial charge >= 0.3 is 0 Å². The first-order valence-electron chi connectivity index (χ1n) is 8.06. The quantitative estimate of drug-likeness (QED) is 0.226. The van der Waals surface area contributed by atoms with E-state index in [-0.39, 0.29) is 29.9 Å². The highest BCUT2D eigenvalue weighted by Gasteiger charge is 2.06. The minimum Gasteiger partial charge on any atom is -0.495 e. The first-order valence-corrected chi connectivity index (χ1v) is 8.06. The zero-order valence-corrected chi connectivity index (χ0v) is 17.7. The van der Waals surface area contributed by atoms with E-state index < -0.39 is 0 Å². The third-order valence-corrected chi connectivity index (χ3v) is 3.16. The second-order valence-electron chi connectivity index (χ2n) is 5.18. The van der Waals surface area contributed by atoms with Crippen LogP contribution in [0, 0.1) is 0 Å². The highest BCUT2D eigenvalue weighted by Crippen LogP contribution is 2.25. The lowest BCUT2D eigenvalue weighted by atomic mass is 10.2. The maximum atomic E-state index is 11.3. The number of halogens is 1. The molecule has 0 atom stereocenters. The summed E-state index contributed by atoms with van der Waals surface area (Å²) in [7, 11) is 3.27. The number of rotatable bonds is 9. The van der Waals surface area contributed by atoms with Crippen molar-refractivity contribution in [1.82, 2.24) is 10.6 Å². The van der Waals surface area contributed by atoms with Crippen LogP contribution in [0.2, 0.25) is 0 Å². The number of amides is 1. The second-order valence-corrected chi connectivity index (χ2v) is 5.18. The third kappa shape index (κ3) is 9.49. The molecule has 0 heterocycles. The number of aliphatic imine (C=N–C) groups is 1. The molecule has 7 nitrogen and oxygen atoms in total. The van der Waals surface area contributed by atoms with Gasteiger partial charge in [-0.3, -0.25) is 4.79 Å². The van der Waals surface area contributed by atoms with E-state index in [9.17, 15) is 4.79 Å². The highest BCUT2D eigenvalue weighted by molar-refractivity contribution is 14.0. The van der Waals surface area contributed by atoms with E-state index in [1.807, 2.05) is 25.1 Å². The van der Waals surface area contributed by atoms with Crippen molar-refractivity contribution in [3.05, 3.63) is 23.8 Å². The van der Waals surface area contributed by atoms with Gasteiger partial charge in [0.2, 0.25) is 5.91 Å². The number of carbonyl (C=O) groups excluding carboxylic acids is 1. The lowest BCUT2D eigenvalue weighted by Gasteiger charge is -2.12. The summed E-state index contributed by atoms with van der Waals surface area (Å²) in [5.41, 5.74) is 1.63. The Hall–Kier alpha value is -1.55. The number of guanidine groups is 1. The smallest absolute Gasteiger partial charge is 0.221 e. The monoisotopic (exact) mass is 464 g/mol. The molecule has 142 valence electrons. The van der Waals surface area contributed by atoms with Crippen molar-refractivity contribution in [3.8, 4) is 5.75 Å². The van der Waals surface area contributed by atoms with Crippen LogP contribution in [0.15, 0.2) is 23.2 Å². The first kappa shape index (κ1) is 23.4. The molecule has 0 spiro atoms. The first-order chi connectivity index (χ1) is 11.6. The summed E-state index contributed by atoms with van der Waals surface area (Å²) in [4.78, 5) is 15.8. The van der Waals surface area contributed by atoms with E-state index in [0.717, 1.165) is 31.0 Å². The number of ether oxygens (including phenoxy) is 2. The fourth-order valence-electron chi connectivity index (χ4n) is 2.08. The van der Waals surface area contributed by atoms with Crippen molar-refractivity contribution in [2.45, 2.75) is 26.8 Å². The molecule has 0 bridgehead atoms. The molecule has 0 aliphatic carbocycles. The molecule has 0 aliphatic heterocycles. The van der Waals surface area contributed by atoms with E-state index in [2.05, 4.69) is 20.9 Å². The summed E-state index contributed by atoms with van der Waals surface area (Å²) < 4.78 is 10.3. The van der Waals surface area contributed by atoms with Crippen LogP contribution in [0.5, 0.6) is 5.75 Å². The van der Waals surface area contributed by atoms with Crippen molar-refractivity contribution < 1.29 is 14.3 Å². The molecule has 0 unspecified atom stereocenters. The Morgan fingerprint density at radius 3 is 2.60 bits per heavy atom. The maximum Gasteiger partial charge on any atom is 0.221 e. The van der Waals surface area contributed by atoms with Gasteiger partial charge in [-0.2, -0.15) is 0 Å². The molecule has 25 heavy (non-hydrogen) atoms. The van der Waals surface area contributed by atoms with Gasteiger partial charge in [-0.15, -0.1) is 24.0 Å². The van der Waals surface area contributed by atoms with E-state index in [0.29, 0.717) is 24.6 Å². The number of hydrogen-bond donors (Lipinski definition) is 3. The summed E-state index contributed by atoms with van der Waals surface area (Å²) in [6.07, 6.45) is 0.913.